The number of amides is 2. The molecule has 2 rings (SSSR count). The van der Waals surface area contributed by atoms with Crippen LogP contribution in [0.1, 0.15) is 22.8 Å². The van der Waals surface area contributed by atoms with Gasteiger partial charge in [-0.05, 0) is 24.3 Å². The molecule has 0 saturated carbocycles. The maximum atomic E-state index is 12.4. The lowest BCUT2D eigenvalue weighted by atomic mass is 10.1. The molecule has 0 heterocycles. The van der Waals surface area contributed by atoms with Gasteiger partial charge in [-0.2, -0.15) is 5.26 Å². The molecule has 0 unspecified atom stereocenters. The van der Waals surface area contributed by atoms with Crippen molar-refractivity contribution in [2.24, 2.45) is 0 Å². The number of benzene rings is 2. The minimum absolute atomic E-state index is 0.204. The number of carbonyl (C=O) groups excluding carboxylic acids is 3. The molecule has 2 aromatic rings. The lowest BCUT2D eigenvalue weighted by Crippen LogP contribution is -2.37. The van der Waals surface area contributed by atoms with E-state index in [2.05, 4.69) is 10.1 Å². The molecule has 7 nitrogen and oxygen atoms in total. The third kappa shape index (κ3) is 4.24. The number of para-hydroxylation sites is 2. The standard InChI is InChI=1S/C19H17N3O4/c1-13(23)22(17-10-6-3-7-14(17)11-20)12-18(24)21-16-9-5-4-8-15(16)19(25)26-2/h3-10H,12H2,1-2H3,(H,21,24). The predicted molar refractivity (Wildman–Crippen MR) is 95.6 cm³/mol. The van der Waals surface area contributed by atoms with Gasteiger partial charge < -0.3 is 15.0 Å². The first-order valence-electron chi connectivity index (χ1n) is 7.72. The Hall–Kier alpha value is -3.66. The summed E-state index contributed by atoms with van der Waals surface area (Å²) >= 11 is 0. The van der Waals surface area contributed by atoms with Gasteiger partial charge in [0, 0.05) is 6.92 Å². The smallest absolute Gasteiger partial charge is 0.339 e. The van der Waals surface area contributed by atoms with Crippen LogP contribution >= 0.6 is 0 Å². The molecule has 0 fully saturated rings. The number of ether oxygens (including phenoxy) is 1. The third-order valence-corrected chi connectivity index (χ3v) is 3.60. The van der Waals surface area contributed by atoms with Crippen LogP contribution < -0.4 is 10.2 Å². The number of methoxy groups -OCH3 is 1. The van der Waals surface area contributed by atoms with Crippen molar-refractivity contribution in [3.8, 4) is 6.07 Å². The Morgan fingerprint density at radius 1 is 1.12 bits per heavy atom. The Morgan fingerprint density at radius 3 is 2.42 bits per heavy atom. The highest BCUT2D eigenvalue weighted by Crippen LogP contribution is 2.21. The molecule has 0 aliphatic rings. The van der Waals surface area contributed by atoms with Crippen molar-refractivity contribution in [2.75, 3.05) is 23.9 Å². The number of hydrogen-bond acceptors (Lipinski definition) is 5. The second-order valence-corrected chi connectivity index (χ2v) is 5.32. The van der Waals surface area contributed by atoms with E-state index < -0.39 is 11.9 Å². The highest BCUT2D eigenvalue weighted by atomic mass is 16.5. The fourth-order valence-corrected chi connectivity index (χ4v) is 2.38. The van der Waals surface area contributed by atoms with E-state index in [0.717, 1.165) is 0 Å². The van der Waals surface area contributed by atoms with Crippen molar-refractivity contribution < 1.29 is 19.1 Å². The van der Waals surface area contributed by atoms with Gasteiger partial charge >= 0.3 is 5.97 Å². The van der Waals surface area contributed by atoms with Gasteiger partial charge in [0.05, 0.1) is 29.6 Å². The molecule has 0 spiro atoms. The number of nitrogens with one attached hydrogen (secondary N) is 1. The summed E-state index contributed by atoms with van der Waals surface area (Å²) in [6, 6.07) is 14.9. The van der Waals surface area contributed by atoms with E-state index in [9.17, 15) is 19.6 Å². The largest absolute Gasteiger partial charge is 0.465 e. The lowest BCUT2D eigenvalue weighted by Gasteiger charge is -2.22. The molecule has 26 heavy (non-hydrogen) atoms. The Morgan fingerprint density at radius 2 is 1.77 bits per heavy atom. The van der Waals surface area contributed by atoms with Crippen LogP contribution in [0.5, 0.6) is 0 Å². The monoisotopic (exact) mass is 351 g/mol. The Kier molecular flexibility index (Phi) is 6.06. The molecule has 2 aromatic carbocycles. The molecule has 2 amide bonds. The summed E-state index contributed by atoms with van der Waals surface area (Å²) in [7, 11) is 1.25. The molecular weight excluding hydrogens is 334 g/mol. The molecule has 0 saturated heterocycles. The van der Waals surface area contributed by atoms with E-state index in [0.29, 0.717) is 5.69 Å². The number of hydrogen-bond donors (Lipinski definition) is 1. The van der Waals surface area contributed by atoms with Gasteiger partial charge in [-0.1, -0.05) is 24.3 Å². The molecule has 0 atom stereocenters. The highest BCUT2D eigenvalue weighted by Gasteiger charge is 2.20. The molecule has 0 radical (unpaired) electrons. The van der Waals surface area contributed by atoms with E-state index in [1.165, 1.54) is 25.0 Å². The number of rotatable bonds is 5. The Bertz CT molecular complexity index is 886. The van der Waals surface area contributed by atoms with Gasteiger partial charge in [-0.15, -0.1) is 0 Å². The van der Waals surface area contributed by atoms with E-state index in [-0.39, 0.29) is 29.3 Å². The van der Waals surface area contributed by atoms with Gasteiger partial charge in [-0.25, -0.2) is 4.79 Å². The first kappa shape index (κ1) is 18.7. The van der Waals surface area contributed by atoms with Crippen LogP contribution in [-0.4, -0.2) is 31.4 Å². The normalized spacial score (nSPS) is 9.73. The van der Waals surface area contributed by atoms with Crippen molar-refractivity contribution >= 4 is 29.2 Å². The second-order valence-electron chi connectivity index (χ2n) is 5.32. The number of nitrogens with zero attached hydrogens (tertiary/aromatic N) is 2. The maximum Gasteiger partial charge on any atom is 0.339 e. The van der Waals surface area contributed by atoms with Crippen molar-refractivity contribution in [2.45, 2.75) is 6.92 Å². The van der Waals surface area contributed by atoms with Crippen molar-refractivity contribution in [1.82, 2.24) is 0 Å². The fraction of sp³-hybridized carbons (Fsp3) is 0.158. The SMILES string of the molecule is COC(=O)c1ccccc1NC(=O)CN(C(C)=O)c1ccccc1C#N. The highest BCUT2D eigenvalue weighted by molar-refractivity contribution is 6.05. The third-order valence-electron chi connectivity index (χ3n) is 3.60. The van der Waals surface area contributed by atoms with Crippen LogP contribution in [0.15, 0.2) is 48.5 Å². The molecule has 7 heteroatoms. The molecule has 0 aliphatic heterocycles. The van der Waals surface area contributed by atoms with Gasteiger partial charge in [0.1, 0.15) is 12.6 Å². The number of nitriles is 1. The summed E-state index contributed by atoms with van der Waals surface area (Å²) in [5, 5.41) is 11.8. The van der Waals surface area contributed by atoms with Crippen LogP contribution in [0.2, 0.25) is 0 Å². The molecule has 0 bridgehead atoms. The zero-order valence-electron chi connectivity index (χ0n) is 14.4. The zero-order valence-corrected chi connectivity index (χ0v) is 14.4. The molecule has 1 N–H and O–H groups in total. The van der Waals surface area contributed by atoms with E-state index >= 15 is 0 Å². The number of esters is 1. The summed E-state index contributed by atoms with van der Waals surface area (Å²) < 4.78 is 4.69. The minimum Gasteiger partial charge on any atom is -0.465 e. The minimum atomic E-state index is -0.584. The topological polar surface area (TPSA) is 99.5 Å². The second kappa shape index (κ2) is 8.44. The van der Waals surface area contributed by atoms with Gasteiger partial charge in [-0.3, -0.25) is 9.59 Å². The molecule has 0 aromatic heterocycles. The van der Waals surface area contributed by atoms with Gasteiger partial charge in [0.2, 0.25) is 11.8 Å². The Balaban J connectivity index is 2.24. The van der Waals surface area contributed by atoms with Crippen LogP contribution in [0.3, 0.4) is 0 Å². The van der Waals surface area contributed by atoms with E-state index in [4.69, 9.17) is 0 Å². The molecular formula is C19H17N3O4. The molecule has 132 valence electrons. The first-order valence-corrected chi connectivity index (χ1v) is 7.72. The summed E-state index contributed by atoms with van der Waals surface area (Å²) in [5.74, 6) is -1.48. The summed E-state index contributed by atoms with van der Waals surface area (Å²) in [6.45, 7) is 1.01. The number of anilines is 2. The van der Waals surface area contributed by atoms with Crippen LogP contribution in [0.4, 0.5) is 11.4 Å². The summed E-state index contributed by atoms with van der Waals surface area (Å²) in [4.78, 5) is 37.4. The Labute approximate surface area is 150 Å². The van der Waals surface area contributed by atoms with Gasteiger partial charge in [0.25, 0.3) is 0 Å². The van der Waals surface area contributed by atoms with Gasteiger partial charge in [0.15, 0.2) is 0 Å². The van der Waals surface area contributed by atoms with Crippen molar-refractivity contribution in [3.63, 3.8) is 0 Å². The van der Waals surface area contributed by atoms with Crippen molar-refractivity contribution in [1.29, 1.82) is 5.26 Å². The maximum absolute atomic E-state index is 12.4. The van der Waals surface area contributed by atoms with Crippen LogP contribution in [-0.2, 0) is 14.3 Å². The summed E-state index contributed by atoms with van der Waals surface area (Å²) in [6.07, 6.45) is 0. The first-order chi connectivity index (χ1) is 12.5. The predicted octanol–water partition coefficient (Wildman–Crippen LogP) is 2.34. The molecule has 0 aliphatic carbocycles. The van der Waals surface area contributed by atoms with Crippen LogP contribution in [0, 0.1) is 11.3 Å². The average Bonchev–Trinajstić information content (AvgIpc) is 2.65. The van der Waals surface area contributed by atoms with Crippen LogP contribution in [0.25, 0.3) is 0 Å². The van der Waals surface area contributed by atoms with E-state index in [1.54, 1.807) is 42.5 Å². The quantitative estimate of drug-likeness (QED) is 0.834. The fourth-order valence-electron chi connectivity index (χ4n) is 2.38. The summed E-state index contributed by atoms with van der Waals surface area (Å²) in [5.41, 5.74) is 1.11. The lowest BCUT2D eigenvalue weighted by molar-refractivity contribution is -0.120. The van der Waals surface area contributed by atoms with Crippen molar-refractivity contribution in [3.05, 3.63) is 59.7 Å². The van der Waals surface area contributed by atoms with E-state index in [1.807, 2.05) is 6.07 Å². The average molecular weight is 351 g/mol. The zero-order chi connectivity index (χ0) is 19.1. The number of carbonyl (C=O) groups is 3.